The summed E-state index contributed by atoms with van der Waals surface area (Å²) < 4.78 is 5.08. The third kappa shape index (κ3) is 3.16. The Bertz CT molecular complexity index is 1160. The molecule has 0 fully saturated rings. The molecule has 2 heterocycles. The van der Waals surface area contributed by atoms with Gasteiger partial charge in [-0.2, -0.15) is 0 Å². The summed E-state index contributed by atoms with van der Waals surface area (Å²) in [5.74, 6) is -0.592. The van der Waals surface area contributed by atoms with Crippen LogP contribution in [-0.2, 0) is 6.54 Å². The molecule has 0 spiro atoms. The van der Waals surface area contributed by atoms with E-state index in [1.54, 1.807) is 18.2 Å². The van der Waals surface area contributed by atoms with Gasteiger partial charge in [-0.25, -0.2) is 9.78 Å². The molecular formula is C19H15N3O3S. The van der Waals surface area contributed by atoms with Gasteiger partial charge in [0.25, 0.3) is 5.91 Å². The van der Waals surface area contributed by atoms with Gasteiger partial charge in [-0.1, -0.05) is 24.3 Å². The van der Waals surface area contributed by atoms with Gasteiger partial charge in [-0.3, -0.25) is 9.78 Å². The Morgan fingerprint density at radius 1 is 1.27 bits per heavy atom. The number of carbonyl (C=O) groups is 1. The first kappa shape index (κ1) is 16.3. The summed E-state index contributed by atoms with van der Waals surface area (Å²) in [4.78, 5) is 30.7. The molecule has 6 nitrogen and oxygen atoms in total. The number of nitrogens with zero attached hydrogens (tertiary/aromatic N) is 1. The van der Waals surface area contributed by atoms with E-state index in [1.165, 1.54) is 11.3 Å². The van der Waals surface area contributed by atoms with Crippen molar-refractivity contribution in [2.45, 2.75) is 13.5 Å². The Hall–Kier alpha value is -3.19. The lowest BCUT2D eigenvalue weighted by atomic mass is 10.1. The molecule has 0 aliphatic heterocycles. The number of rotatable bonds is 4. The van der Waals surface area contributed by atoms with Gasteiger partial charge in [0.1, 0.15) is 5.01 Å². The number of hydrogen-bond acceptors (Lipinski definition) is 5. The molecule has 0 aliphatic rings. The van der Waals surface area contributed by atoms with Crippen molar-refractivity contribution in [1.29, 1.82) is 0 Å². The fraction of sp³-hybridized carbons (Fsp3) is 0.105. The van der Waals surface area contributed by atoms with E-state index < -0.39 is 5.76 Å². The fourth-order valence-electron chi connectivity index (χ4n) is 2.71. The lowest BCUT2D eigenvalue weighted by Crippen LogP contribution is -2.23. The largest absolute Gasteiger partial charge is 0.417 e. The van der Waals surface area contributed by atoms with Crippen LogP contribution in [0.3, 0.4) is 0 Å². The van der Waals surface area contributed by atoms with Gasteiger partial charge in [-0.15, -0.1) is 11.3 Å². The van der Waals surface area contributed by atoms with Crippen molar-refractivity contribution in [3.8, 4) is 11.3 Å². The minimum atomic E-state index is -0.477. The second-order valence-corrected chi connectivity index (χ2v) is 6.79. The molecule has 0 saturated heterocycles. The normalized spacial score (nSPS) is 11.0. The maximum atomic E-state index is 12.3. The number of hydrogen-bond donors (Lipinski definition) is 2. The predicted octanol–water partition coefficient (Wildman–Crippen LogP) is 3.48. The van der Waals surface area contributed by atoms with Crippen molar-refractivity contribution in [3.05, 3.63) is 74.5 Å². The number of aromatic nitrogens is 2. The molecule has 0 unspecified atom stereocenters. The number of H-pyrrole nitrogens is 1. The number of nitrogens with one attached hydrogen (secondary N) is 2. The second kappa shape index (κ2) is 6.61. The molecule has 1 amide bonds. The highest BCUT2D eigenvalue weighted by atomic mass is 32.1. The molecule has 7 heteroatoms. The molecule has 2 N–H and O–H groups in total. The van der Waals surface area contributed by atoms with E-state index in [1.807, 2.05) is 36.6 Å². The molecule has 2 aromatic heterocycles. The van der Waals surface area contributed by atoms with Crippen LogP contribution in [-0.4, -0.2) is 15.9 Å². The number of oxazole rings is 1. The van der Waals surface area contributed by atoms with Gasteiger partial charge in [0, 0.05) is 16.5 Å². The van der Waals surface area contributed by atoms with E-state index in [2.05, 4.69) is 15.3 Å². The van der Waals surface area contributed by atoms with Gasteiger partial charge in [0.15, 0.2) is 5.58 Å². The maximum Gasteiger partial charge on any atom is 0.417 e. The SMILES string of the molecule is Cc1ccccc1C(=O)NCc1nc(-c2ccc3[nH]c(=O)oc3c2)cs1. The van der Waals surface area contributed by atoms with E-state index in [-0.39, 0.29) is 5.91 Å². The topological polar surface area (TPSA) is 88.0 Å². The zero-order valence-electron chi connectivity index (χ0n) is 13.9. The lowest BCUT2D eigenvalue weighted by Gasteiger charge is -2.05. The second-order valence-electron chi connectivity index (χ2n) is 5.85. The minimum absolute atomic E-state index is 0.115. The first-order chi connectivity index (χ1) is 12.6. The van der Waals surface area contributed by atoms with Crippen molar-refractivity contribution >= 4 is 28.3 Å². The number of carbonyl (C=O) groups excluding carboxylic acids is 1. The lowest BCUT2D eigenvalue weighted by molar-refractivity contribution is 0.0950. The molecule has 0 atom stereocenters. The van der Waals surface area contributed by atoms with Crippen LogP contribution < -0.4 is 11.1 Å². The fourth-order valence-corrected chi connectivity index (χ4v) is 3.45. The molecule has 0 radical (unpaired) electrons. The highest BCUT2D eigenvalue weighted by molar-refractivity contribution is 7.09. The monoisotopic (exact) mass is 365 g/mol. The first-order valence-electron chi connectivity index (χ1n) is 8.01. The predicted molar refractivity (Wildman–Crippen MR) is 100 cm³/mol. The highest BCUT2D eigenvalue weighted by Gasteiger charge is 2.11. The molecule has 130 valence electrons. The number of thiazole rings is 1. The molecular weight excluding hydrogens is 350 g/mol. The Balaban J connectivity index is 1.49. The Labute approximate surface area is 152 Å². The van der Waals surface area contributed by atoms with E-state index in [9.17, 15) is 9.59 Å². The van der Waals surface area contributed by atoms with Gasteiger partial charge >= 0.3 is 5.76 Å². The van der Waals surface area contributed by atoms with E-state index >= 15 is 0 Å². The Morgan fingerprint density at radius 3 is 2.96 bits per heavy atom. The maximum absolute atomic E-state index is 12.3. The van der Waals surface area contributed by atoms with Crippen LogP contribution in [0.4, 0.5) is 0 Å². The third-order valence-electron chi connectivity index (χ3n) is 4.06. The average Bonchev–Trinajstić information content (AvgIpc) is 3.24. The van der Waals surface area contributed by atoms with E-state index in [4.69, 9.17) is 4.42 Å². The molecule has 26 heavy (non-hydrogen) atoms. The van der Waals surface area contributed by atoms with Gasteiger partial charge in [0.2, 0.25) is 0 Å². The van der Waals surface area contributed by atoms with Crippen LogP contribution >= 0.6 is 11.3 Å². The van der Waals surface area contributed by atoms with Crippen molar-refractivity contribution < 1.29 is 9.21 Å². The summed E-state index contributed by atoms with van der Waals surface area (Å²) in [6, 6.07) is 12.9. The number of fused-ring (bicyclic) bond motifs is 1. The zero-order chi connectivity index (χ0) is 18.1. The first-order valence-corrected chi connectivity index (χ1v) is 8.89. The van der Waals surface area contributed by atoms with E-state index in [0.29, 0.717) is 23.2 Å². The van der Waals surface area contributed by atoms with E-state index in [0.717, 1.165) is 21.8 Å². The molecule has 0 aliphatic carbocycles. The van der Waals surface area contributed by atoms with Crippen LogP contribution in [0.25, 0.3) is 22.4 Å². The number of aryl methyl sites for hydroxylation is 1. The minimum Gasteiger partial charge on any atom is -0.408 e. The molecule has 2 aromatic carbocycles. The van der Waals surface area contributed by atoms with Crippen LogP contribution in [0.15, 0.2) is 57.1 Å². The van der Waals surface area contributed by atoms with Gasteiger partial charge in [0.05, 0.1) is 17.8 Å². The average molecular weight is 365 g/mol. The van der Waals surface area contributed by atoms with Crippen molar-refractivity contribution in [1.82, 2.24) is 15.3 Å². The number of amides is 1. The smallest absolute Gasteiger partial charge is 0.408 e. The number of aromatic amines is 1. The van der Waals surface area contributed by atoms with Crippen LogP contribution in [0, 0.1) is 6.92 Å². The standard InChI is InChI=1S/C19H15N3O3S/c1-11-4-2-3-5-13(11)18(23)20-9-17-21-15(10-26-17)12-6-7-14-16(8-12)25-19(24)22-14/h2-8,10H,9H2,1H3,(H,20,23)(H,22,24). The van der Waals surface area contributed by atoms with Crippen LogP contribution in [0.5, 0.6) is 0 Å². The summed E-state index contributed by atoms with van der Waals surface area (Å²) >= 11 is 1.47. The highest BCUT2D eigenvalue weighted by Crippen LogP contribution is 2.25. The Kier molecular flexibility index (Phi) is 4.14. The molecule has 4 aromatic rings. The Morgan fingerprint density at radius 2 is 2.12 bits per heavy atom. The summed E-state index contributed by atoms with van der Waals surface area (Å²) in [6.45, 7) is 2.27. The van der Waals surface area contributed by atoms with Crippen molar-refractivity contribution in [2.75, 3.05) is 0 Å². The summed E-state index contributed by atoms with van der Waals surface area (Å²) in [6.07, 6.45) is 0. The van der Waals surface area contributed by atoms with Gasteiger partial charge < -0.3 is 9.73 Å². The quantitative estimate of drug-likeness (QED) is 0.579. The summed E-state index contributed by atoms with van der Waals surface area (Å²) in [7, 11) is 0. The summed E-state index contributed by atoms with van der Waals surface area (Å²) in [5.41, 5.74) is 4.38. The van der Waals surface area contributed by atoms with Crippen molar-refractivity contribution in [2.24, 2.45) is 0 Å². The van der Waals surface area contributed by atoms with Crippen LogP contribution in [0.1, 0.15) is 20.9 Å². The van der Waals surface area contributed by atoms with Crippen LogP contribution in [0.2, 0.25) is 0 Å². The molecule has 4 rings (SSSR count). The molecule has 0 saturated carbocycles. The summed E-state index contributed by atoms with van der Waals surface area (Å²) in [5, 5.41) is 5.62. The third-order valence-corrected chi connectivity index (χ3v) is 4.91. The molecule has 0 bridgehead atoms. The number of benzene rings is 2. The van der Waals surface area contributed by atoms with Gasteiger partial charge in [-0.05, 0) is 30.7 Å². The van der Waals surface area contributed by atoms with Crippen molar-refractivity contribution in [3.63, 3.8) is 0 Å². The zero-order valence-corrected chi connectivity index (χ0v) is 14.7.